The van der Waals surface area contributed by atoms with E-state index in [0.29, 0.717) is 30.4 Å². The zero-order valence-electron chi connectivity index (χ0n) is 16.4. The van der Waals surface area contributed by atoms with Crippen molar-refractivity contribution in [3.63, 3.8) is 0 Å². The zero-order chi connectivity index (χ0) is 19.3. The van der Waals surface area contributed by atoms with Crippen LogP contribution in [0.5, 0.6) is 5.75 Å². The van der Waals surface area contributed by atoms with E-state index in [-0.39, 0.29) is 23.7 Å². The van der Waals surface area contributed by atoms with Crippen LogP contribution < -0.4 is 15.8 Å². The van der Waals surface area contributed by atoms with Crippen molar-refractivity contribution in [2.75, 3.05) is 13.7 Å². The molecule has 1 aliphatic rings. The fourth-order valence-corrected chi connectivity index (χ4v) is 3.93. The van der Waals surface area contributed by atoms with Gasteiger partial charge in [-0.2, -0.15) is 4.98 Å². The Morgan fingerprint density at radius 1 is 1.32 bits per heavy atom. The number of nitrogens with zero attached hydrogens (tertiary/aromatic N) is 2. The molecule has 1 aromatic heterocycles. The van der Waals surface area contributed by atoms with Crippen molar-refractivity contribution in [3.8, 4) is 5.75 Å². The van der Waals surface area contributed by atoms with Crippen LogP contribution in [0, 0.1) is 12.3 Å². The van der Waals surface area contributed by atoms with Crippen LogP contribution in [0.1, 0.15) is 61.8 Å². The Kier molecular flexibility index (Phi) is 7.83. The second-order valence-corrected chi connectivity index (χ2v) is 7.36. The van der Waals surface area contributed by atoms with Crippen LogP contribution in [-0.4, -0.2) is 29.7 Å². The molecule has 0 radical (unpaired) electrons. The van der Waals surface area contributed by atoms with Gasteiger partial charge in [0, 0.05) is 18.9 Å². The average molecular weight is 409 g/mol. The lowest BCUT2D eigenvalue weighted by molar-refractivity contribution is -0.124. The van der Waals surface area contributed by atoms with E-state index in [4.69, 9.17) is 15.0 Å². The van der Waals surface area contributed by atoms with Crippen LogP contribution in [0.25, 0.3) is 0 Å². The van der Waals surface area contributed by atoms with Crippen molar-refractivity contribution in [2.24, 2.45) is 11.1 Å². The molecule has 1 amide bonds. The van der Waals surface area contributed by atoms with Gasteiger partial charge in [0.2, 0.25) is 11.8 Å². The SMILES string of the molecule is COc1ccccc1C(NC(=O)CC1(CN)CCCCC1)c1noc(C)n1.Cl. The van der Waals surface area contributed by atoms with E-state index in [1.54, 1.807) is 14.0 Å². The lowest BCUT2D eigenvalue weighted by Gasteiger charge is -2.36. The van der Waals surface area contributed by atoms with Crippen molar-refractivity contribution >= 4 is 18.3 Å². The summed E-state index contributed by atoms with van der Waals surface area (Å²) in [6, 6.07) is 6.99. The van der Waals surface area contributed by atoms with Crippen molar-refractivity contribution in [2.45, 2.75) is 51.5 Å². The van der Waals surface area contributed by atoms with Gasteiger partial charge in [-0.3, -0.25) is 4.79 Å². The van der Waals surface area contributed by atoms with Crippen molar-refractivity contribution in [1.29, 1.82) is 0 Å². The maximum atomic E-state index is 12.9. The van der Waals surface area contributed by atoms with Gasteiger partial charge in [-0.05, 0) is 30.9 Å². The van der Waals surface area contributed by atoms with Gasteiger partial charge in [0.1, 0.15) is 11.8 Å². The largest absolute Gasteiger partial charge is 0.496 e. The summed E-state index contributed by atoms with van der Waals surface area (Å²) < 4.78 is 10.6. The van der Waals surface area contributed by atoms with Crippen LogP contribution in [0.4, 0.5) is 0 Å². The Labute approximate surface area is 171 Å². The summed E-state index contributed by atoms with van der Waals surface area (Å²) >= 11 is 0. The second-order valence-electron chi connectivity index (χ2n) is 7.36. The van der Waals surface area contributed by atoms with Crippen LogP contribution in [0.3, 0.4) is 0 Å². The minimum absolute atomic E-state index is 0. The van der Waals surface area contributed by atoms with Crippen LogP contribution in [0.15, 0.2) is 28.8 Å². The molecule has 8 heteroatoms. The zero-order valence-corrected chi connectivity index (χ0v) is 17.3. The molecule has 0 saturated heterocycles. The minimum atomic E-state index is -0.537. The van der Waals surface area contributed by atoms with E-state index in [1.807, 2.05) is 24.3 Å². The second kappa shape index (κ2) is 9.89. The molecular formula is C20H29ClN4O3. The number of benzene rings is 1. The van der Waals surface area contributed by atoms with Gasteiger partial charge in [0.15, 0.2) is 5.82 Å². The van der Waals surface area contributed by atoms with E-state index < -0.39 is 6.04 Å². The molecule has 0 bridgehead atoms. The number of ether oxygens (including phenoxy) is 1. The number of carbonyl (C=O) groups excluding carboxylic acids is 1. The molecule has 1 heterocycles. The smallest absolute Gasteiger partial charge is 0.223 e. The lowest BCUT2D eigenvalue weighted by Crippen LogP contribution is -2.40. The topological polar surface area (TPSA) is 103 Å². The number of methoxy groups -OCH3 is 1. The molecule has 1 aromatic carbocycles. The van der Waals surface area contributed by atoms with Crippen molar-refractivity contribution in [1.82, 2.24) is 15.5 Å². The number of halogens is 1. The Balaban J connectivity index is 0.00000280. The summed E-state index contributed by atoms with van der Waals surface area (Å²) in [4.78, 5) is 17.3. The maximum absolute atomic E-state index is 12.9. The normalized spacial score (nSPS) is 16.7. The predicted molar refractivity (Wildman–Crippen MR) is 108 cm³/mol. The number of aromatic nitrogens is 2. The van der Waals surface area contributed by atoms with E-state index in [0.717, 1.165) is 31.2 Å². The first-order chi connectivity index (χ1) is 13.1. The highest BCUT2D eigenvalue weighted by atomic mass is 35.5. The number of nitrogens with one attached hydrogen (secondary N) is 1. The summed E-state index contributed by atoms with van der Waals surface area (Å²) in [5.41, 5.74) is 6.73. The highest BCUT2D eigenvalue weighted by molar-refractivity contribution is 5.85. The molecule has 1 aliphatic carbocycles. The number of amides is 1. The quantitative estimate of drug-likeness (QED) is 0.728. The first kappa shape index (κ1) is 22.2. The van der Waals surface area contributed by atoms with Gasteiger partial charge >= 0.3 is 0 Å². The minimum Gasteiger partial charge on any atom is -0.496 e. The number of para-hydroxylation sites is 1. The third-order valence-electron chi connectivity index (χ3n) is 5.44. The number of nitrogens with two attached hydrogens (primary N) is 1. The average Bonchev–Trinajstić information content (AvgIpc) is 3.13. The highest BCUT2D eigenvalue weighted by Gasteiger charge is 2.34. The van der Waals surface area contributed by atoms with Crippen LogP contribution in [0.2, 0.25) is 0 Å². The Morgan fingerprint density at radius 2 is 2.04 bits per heavy atom. The lowest BCUT2D eigenvalue weighted by atomic mass is 9.71. The van der Waals surface area contributed by atoms with E-state index >= 15 is 0 Å². The summed E-state index contributed by atoms with van der Waals surface area (Å²) in [6.45, 7) is 2.25. The number of aryl methyl sites for hydroxylation is 1. The summed E-state index contributed by atoms with van der Waals surface area (Å²) in [7, 11) is 1.60. The molecule has 1 saturated carbocycles. The predicted octanol–water partition coefficient (Wildman–Crippen LogP) is 3.31. The van der Waals surface area contributed by atoms with E-state index in [2.05, 4.69) is 15.5 Å². The third kappa shape index (κ3) is 5.02. The number of carbonyl (C=O) groups is 1. The molecule has 0 spiro atoms. The van der Waals surface area contributed by atoms with Gasteiger partial charge in [-0.1, -0.05) is 42.6 Å². The molecule has 7 nitrogen and oxygen atoms in total. The highest BCUT2D eigenvalue weighted by Crippen LogP contribution is 2.38. The molecular weight excluding hydrogens is 380 g/mol. The fourth-order valence-electron chi connectivity index (χ4n) is 3.93. The van der Waals surface area contributed by atoms with Gasteiger partial charge in [-0.15, -0.1) is 12.4 Å². The summed E-state index contributed by atoms with van der Waals surface area (Å²) in [5.74, 6) is 1.47. The third-order valence-corrected chi connectivity index (χ3v) is 5.44. The maximum Gasteiger partial charge on any atom is 0.223 e. The molecule has 1 fully saturated rings. The Hall–Kier alpha value is -2.12. The molecule has 1 atom stereocenters. The number of hydrogen-bond donors (Lipinski definition) is 2. The molecule has 2 aromatic rings. The van der Waals surface area contributed by atoms with E-state index in [9.17, 15) is 4.79 Å². The van der Waals surface area contributed by atoms with Crippen molar-refractivity contribution in [3.05, 3.63) is 41.5 Å². The molecule has 0 aliphatic heterocycles. The van der Waals surface area contributed by atoms with Crippen LogP contribution >= 0.6 is 12.4 Å². The monoisotopic (exact) mass is 408 g/mol. The van der Waals surface area contributed by atoms with Crippen LogP contribution in [-0.2, 0) is 4.79 Å². The fraction of sp³-hybridized carbons (Fsp3) is 0.550. The van der Waals surface area contributed by atoms with E-state index in [1.165, 1.54) is 6.42 Å². The standard InChI is InChI=1S/C20H28N4O3.ClH/c1-14-22-19(24-27-14)18(15-8-4-5-9-16(15)26-2)23-17(25)12-20(13-21)10-6-3-7-11-20;/h4-5,8-9,18H,3,6-7,10-13,21H2,1-2H3,(H,23,25);1H. The molecule has 3 rings (SSSR count). The molecule has 28 heavy (non-hydrogen) atoms. The Morgan fingerprint density at radius 3 is 2.64 bits per heavy atom. The first-order valence-electron chi connectivity index (χ1n) is 9.49. The first-order valence-corrected chi connectivity index (χ1v) is 9.49. The number of rotatable bonds is 7. The molecule has 3 N–H and O–H groups in total. The van der Waals surface area contributed by atoms with Gasteiger partial charge in [0.25, 0.3) is 0 Å². The molecule has 1 unspecified atom stereocenters. The Bertz CT molecular complexity index is 774. The molecule has 154 valence electrons. The summed E-state index contributed by atoms with van der Waals surface area (Å²) in [6.07, 6.45) is 5.88. The van der Waals surface area contributed by atoms with Gasteiger partial charge < -0.3 is 20.3 Å². The van der Waals surface area contributed by atoms with Gasteiger partial charge in [0.05, 0.1) is 7.11 Å². The summed E-state index contributed by atoms with van der Waals surface area (Å²) in [5, 5.41) is 7.11. The number of hydrogen-bond acceptors (Lipinski definition) is 6. The van der Waals surface area contributed by atoms with Gasteiger partial charge in [-0.25, -0.2) is 0 Å². The van der Waals surface area contributed by atoms with Crippen molar-refractivity contribution < 1.29 is 14.1 Å².